The molecule has 0 aliphatic carbocycles. The van der Waals surface area contributed by atoms with Crippen molar-refractivity contribution < 1.29 is 18.3 Å². The molecule has 0 aliphatic rings. The summed E-state index contributed by atoms with van der Waals surface area (Å²) in [5.74, 6) is -0.338. The van der Waals surface area contributed by atoms with Crippen molar-refractivity contribution in [3.05, 3.63) is 47.8 Å². The van der Waals surface area contributed by atoms with Gasteiger partial charge in [-0.1, -0.05) is 30.3 Å². The first-order chi connectivity index (χ1) is 9.88. The number of nitrogens with zero attached hydrogens (tertiary/aromatic N) is 3. The summed E-state index contributed by atoms with van der Waals surface area (Å²) >= 11 is 0. The number of rotatable bonds is 1. The highest BCUT2D eigenvalue weighted by molar-refractivity contribution is 5.69. The van der Waals surface area contributed by atoms with Gasteiger partial charge in [-0.15, -0.1) is 0 Å². The van der Waals surface area contributed by atoms with Crippen molar-refractivity contribution in [1.82, 2.24) is 14.6 Å². The first-order valence-electron chi connectivity index (χ1n) is 6.10. The Kier molecular flexibility index (Phi) is 2.86. The highest BCUT2D eigenvalue weighted by Gasteiger charge is 2.39. The lowest BCUT2D eigenvalue weighted by Crippen LogP contribution is -2.08. The van der Waals surface area contributed by atoms with E-state index in [0.29, 0.717) is 11.3 Å². The Morgan fingerprint density at radius 2 is 1.81 bits per heavy atom. The van der Waals surface area contributed by atoms with Crippen LogP contribution in [0.2, 0.25) is 0 Å². The van der Waals surface area contributed by atoms with E-state index in [1.165, 1.54) is 6.07 Å². The van der Waals surface area contributed by atoms with Gasteiger partial charge in [0, 0.05) is 11.6 Å². The van der Waals surface area contributed by atoms with Crippen LogP contribution in [0.25, 0.3) is 16.9 Å². The highest BCUT2D eigenvalue weighted by atomic mass is 19.4. The molecule has 0 saturated heterocycles. The van der Waals surface area contributed by atoms with Gasteiger partial charge in [0.15, 0.2) is 17.1 Å². The molecule has 0 unspecified atom stereocenters. The number of benzene rings is 1. The van der Waals surface area contributed by atoms with Gasteiger partial charge >= 0.3 is 6.18 Å². The molecule has 1 N–H and O–H groups in total. The van der Waals surface area contributed by atoms with Crippen molar-refractivity contribution in [3.8, 4) is 17.0 Å². The molecule has 3 rings (SSSR count). The smallest absolute Gasteiger partial charge is 0.435 e. The normalized spacial score (nSPS) is 12.0. The predicted molar refractivity (Wildman–Crippen MR) is 69.8 cm³/mol. The van der Waals surface area contributed by atoms with E-state index in [0.717, 1.165) is 4.52 Å². The molecule has 0 fully saturated rings. The van der Waals surface area contributed by atoms with Gasteiger partial charge in [-0.05, 0) is 6.92 Å². The van der Waals surface area contributed by atoms with Crippen LogP contribution in [0.4, 0.5) is 13.2 Å². The molecule has 2 heterocycles. The molecule has 0 spiro atoms. The van der Waals surface area contributed by atoms with Crippen LogP contribution in [-0.2, 0) is 6.18 Å². The first kappa shape index (κ1) is 13.4. The molecule has 0 amide bonds. The average Bonchev–Trinajstić information content (AvgIpc) is 2.79. The molecule has 0 bridgehead atoms. The maximum absolute atomic E-state index is 13.2. The zero-order valence-electron chi connectivity index (χ0n) is 10.9. The highest BCUT2D eigenvalue weighted by Crippen LogP contribution is 2.38. The Hall–Kier alpha value is -2.57. The number of alkyl halides is 3. The molecule has 2 aromatic heterocycles. The number of aromatic hydroxyl groups is 1. The molecule has 1 aromatic carbocycles. The molecule has 7 heteroatoms. The number of hydrogen-bond donors (Lipinski definition) is 1. The summed E-state index contributed by atoms with van der Waals surface area (Å²) in [6, 6.07) is 9.32. The summed E-state index contributed by atoms with van der Waals surface area (Å²) in [6.45, 7) is 1.58. The SMILES string of the molecule is Cc1cc(O)c2nc(C(F)(F)F)c(-c3ccccc3)n2n1. The Balaban J connectivity index is 2.44. The number of aromatic nitrogens is 3. The Morgan fingerprint density at radius 3 is 2.43 bits per heavy atom. The van der Waals surface area contributed by atoms with Crippen molar-refractivity contribution in [2.75, 3.05) is 0 Å². The fourth-order valence-electron chi connectivity index (χ4n) is 2.18. The third-order valence-corrected chi connectivity index (χ3v) is 3.00. The molecule has 0 radical (unpaired) electrons. The van der Waals surface area contributed by atoms with E-state index >= 15 is 0 Å². The minimum Gasteiger partial charge on any atom is -0.504 e. The first-order valence-corrected chi connectivity index (χ1v) is 6.10. The van der Waals surface area contributed by atoms with Crippen molar-refractivity contribution in [1.29, 1.82) is 0 Å². The zero-order valence-corrected chi connectivity index (χ0v) is 10.9. The second-order valence-electron chi connectivity index (χ2n) is 4.58. The number of fused-ring (bicyclic) bond motifs is 1. The summed E-state index contributed by atoms with van der Waals surface area (Å²) in [7, 11) is 0. The van der Waals surface area contributed by atoms with Gasteiger partial charge in [0.1, 0.15) is 5.69 Å². The topological polar surface area (TPSA) is 50.4 Å². The summed E-state index contributed by atoms with van der Waals surface area (Å²) in [6.07, 6.45) is -4.64. The average molecular weight is 293 g/mol. The van der Waals surface area contributed by atoms with E-state index in [1.807, 2.05) is 0 Å². The Labute approximate surface area is 117 Å². The van der Waals surface area contributed by atoms with Crippen LogP contribution in [0, 0.1) is 6.92 Å². The van der Waals surface area contributed by atoms with E-state index in [1.54, 1.807) is 37.3 Å². The van der Waals surface area contributed by atoms with Gasteiger partial charge in [-0.3, -0.25) is 0 Å². The van der Waals surface area contributed by atoms with Gasteiger partial charge in [0.05, 0.1) is 5.69 Å². The van der Waals surface area contributed by atoms with E-state index in [-0.39, 0.29) is 17.1 Å². The van der Waals surface area contributed by atoms with E-state index in [9.17, 15) is 18.3 Å². The van der Waals surface area contributed by atoms with Gasteiger partial charge in [-0.25, -0.2) is 9.50 Å². The molecule has 3 aromatic rings. The standard InChI is InChI=1S/C14H10F3N3O/c1-8-7-10(21)13-18-12(14(15,16)17)11(20(13)19-8)9-5-3-2-4-6-9/h2-7,21H,1H3. The molecule has 21 heavy (non-hydrogen) atoms. The molecule has 4 nitrogen and oxygen atoms in total. The maximum atomic E-state index is 13.2. The van der Waals surface area contributed by atoms with Crippen LogP contribution in [-0.4, -0.2) is 19.7 Å². The van der Waals surface area contributed by atoms with Crippen molar-refractivity contribution in [2.45, 2.75) is 13.1 Å². The summed E-state index contributed by atoms with van der Waals surface area (Å²) in [4.78, 5) is 3.53. The van der Waals surface area contributed by atoms with Crippen molar-refractivity contribution in [3.63, 3.8) is 0 Å². The van der Waals surface area contributed by atoms with E-state index in [2.05, 4.69) is 10.1 Å². The second kappa shape index (κ2) is 4.47. The summed E-state index contributed by atoms with van der Waals surface area (Å²) in [5, 5.41) is 13.9. The minimum atomic E-state index is -4.64. The van der Waals surface area contributed by atoms with E-state index in [4.69, 9.17) is 0 Å². The number of hydrogen-bond acceptors (Lipinski definition) is 3. The molecule has 0 saturated carbocycles. The lowest BCUT2D eigenvalue weighted by atomic mass is 10.1. The summed E-state index contributed by atoms with van der Waals surface area (Å²) in [5.41, 5.74) is -0.746. The van der Waals surface area contributed by atoms with Gasteiger partial charge < -0.3 is 5.11 Å². The van der Waals surface area contributed by atoms with Crippen LogP contribution >= 0.6 is 0 Å². The minimum absolute atomic E-state index is 0.183. The number of halogens is 3. The van der Waals surface area contributed by atoms with Crippen LogP contribution in [0.1, 0.15) is 11.4 Å². The Morgan fingerprint density at radius 1 is 1.14 bits per heavy atom. The monoisotopic (exact) mass is 293 g/mol. The predicted octanol–water partition coefficient (Wildman–Crippen LogP) is 3.43. The van der Waals surface area contributed by atoms with Gasteiger partial charge in [0.2, 0.25) is 0 Å². The molecule has 0 aliphatic heterocycles. The molecule has 0 atom stereocenters. The second-order valence-corrected chi connectivity index (χ2v) is 4.58. The van der Waals surface area contributed by atoms with E-state index < -0.39 is 11.9 Å². The van der Waals surface area contributed by atoms with Gasteiger partial charge in [0.25, 0.3) is 0 Å². The Bertz CT molecular complexity index is 810. The van der Waals surface area contributed by atoms with Crippen LogP contribution in [0.5, 0.6) is 5.75 Å². The lowest BCUT2D eigenvalue weighted by Gasteiger charge is -2.07. The van der Waals surface area contributed by atoms with Crippen molar-refractivity contribution in [2.24, 2.45) is 0 Å². The van der Waals surface area contributed by atoms with Crippen LogP contribution in [0.15, 0.2) is 36.4 Å². The fourth-order valence-corrected chi connectivity index (χ4v) is 2.18. The lowest BCUT2D eigenvalue weighted by molar-refractivity contribution is -0.140. The summed E-state index contributed by atoms with van der Waals surface area (Å²) < 4.78 is 40.7. The zero-order chi connectivity index (χ0) is 15.2. The molecular formula is C14H10F3N3O. The number of imidazole rings is 1. The van der Waals surface area contributed by atoms with Crippen LogP contribution in [0.3, 0.4) is 0 Å². The molecular weight excluding hydrogens is 283 g/mol. The number of aryl methyl sites for hydroxylation is 1. The fraction of sp³-hybridized carbons (Fsp3) is 0.143. The third-order valence-electron chi connectivity index (χ3n) is 3.00. The largest absolute Gasteiger partial charge is 0.504 e. The quantitative estimate of drug-likeness (QED) is 0.748. The third kappa shape index (κ3) is 2.20. The van der Waals surface area contributed by atoms with Gasteiger partial charge in [-0.2, -0.15) is 18.3 Å². The van der Waals surface area contributed by atoms with Crippen molar-refractivity contribution >= 4 is 5.65 Å². The maximum Gasteiger partial charge on any atom is 0.435 e. The van der Waals surface area contributed by atoms with Crippen LogP contribution < -0.4 is 0 Å². The molecule has 108 valence electrons.